The van der Waals surface area contributed by atoms with Crippen molar-refractivity contribution in [2.45, 2.75) is 6.54 Å². The summed E-state index contributed by atoms with van der Waals surface area (Å²) < 4.78 is 5.21. The zero-order valence-electron chi connectivity index (χ0n) is 11.8. The van der Waals surface area contributed by atoms with Crippen LogP contribution in [0.1, 0.15) is 5.56 Å². The van der Waals surface area contributed by atoms with E-state index in [0.717, 1.165) is 32.8 Å². The van der Waals surface area contributed by atoms with E-state index in [0.29, 0.717) is 13.1 Å². The molecule has 0 radical (unpaired) electrons. The minimum atomic E-state index is 0.491. The number of nitrogens with one attached hydrogen (secondary N) is 1. The Morgan fingerprint density at radius 3 is 3.10 bits per heavy atom. The summed E-state index contributed by atoms with van der Waals surface area (Å²) in [6.45, 7) is 1.15. The first-order valence-corrected chi connectivity index (χ1v) is 6.76. The largest absolute Gasteiger partial charge is 0.497 e. The lowest BCUT2D eigenvalue weighted by Crippen LogP contribution is -2.36. The minimum Gasteiger partial charge on any atom is -0.497 e. The van der Waals surface area contributed by atoms with Crippen molar-refractivity contribution in [3.8, 4) is 5.75 Å². The van der Waals surface area contributed by atoms with Crippen LogP contribution in [0.3, 0.4) is 0 Å². The SMILES string of the molecule is COc1cccc(CNc2ccc3c(n2)=CN(O)CC=3)c1. The number of ether oxygens (including phenoxy) is 1. The highest BCUT2D eigenvalue weighted by atomic mass is 16.5. The van der Waals surface area contributed by atoms with Crippen LogP contribution in [0, 0.1) is 0 Å². The van der Waals surface area contributed by atoms with Gasteiger partial charge in [-0.05, 0) is 35.0 Å². The van der Waals surface area contributed by atoms with E-state index in [1.54, 1.807) is 13.3 Å². The second-order valence-electron chi connectivity index (χ2n) is 4.83. The second kappa shape index (κ2) is 5.85. The molecule has 1 aromatic heterocycles. The van der Waals surface area contributed by atoms with Gasteiger partial charge in [-0.1, -0.05) is 18.2 Å². The normalized spacial score (nSPS) is 13.0. The molecule has 1 aromatic carbocycles. The lowest BCUT2D eigenvalue weighted by atomic mass is 10.2. The number of fused-ring (bicyclic) bond motifs is 1. The molecule has 2 N–H and O–H groups in total. The fourth-order valence-corrected chi connectivity index (χ4v) is 2.22. The summed E-state index contributed by atoms with van der Waals surface area (Å²) in [6, 6.07) is 11.8. The van der Waals surface area contributed by atoms with Crippen LogP contribution in [0.4, 0.5) is 5.82 Å². The van der Waals surface area contributed by atoms with Crippen LogP contribution >= 0.6 is 0 Å². The first-order chi connectivity index (χ1) is 10.2. The second-order valence-corrected chi connectivity index (χ2v) is 4.83. The summed E-state index contributed by atoms with van der Waals surface area (Å²) in [7, 11) is 1.66. The van der Waals surface area contributed by atoms with E-state index in [1.165, 1.54) is 0 Å². The molecule has 1 aliphatic heterocycles. The fourth-order valence-electron chi connectivity index (χ4n) is 2.22. The van der Waals surface area contributed by atoms with E-state index in [1.807, 2.05) is 42.5 Å². The third-order valence-electron chi connectivity index (χ3n) is 3.33. The van der Waals surface area contributed by atoms with Gasteiger partial charge in [-0.15, -0.1) is 0 Å². The molecule has 0 aliphatic carbocycles. The minimum absolute atomic E-state index is 0.491. The molecule has 0 bridgehead atoms. The van der Waals surface area contributed by atoms with Gasteiger partial charge in [-0.25, -0.2) is 4.98 Å². The van der Waals surface area contributed by atoms with Gasteiger partial charge < -0.3 is 10.1 Å². The van der Waals surface area contributed by atoms with Crippen molar-refractivity contribution in [1.82, 2.24) is 10.0 Å². The van der Waals surface area contributed by atoms with Crippen LogP contribution in [0.5, 0.6) is 5.75 Å². The molecule has 0 unspecified atom stereocenters. The number of nitrogens with zero attached hydrogens (tertiary/aromatic N) is 2. The Kier molecular flexibility index (Phi) is 3.75. The van der Waals surface area contributed by atoms with Crippen molar-refractivity contribution in [3.05, 3.63) is 52.5 Å². The molecule has 3 rings (SSSR count). The summed E-state index contributed by atoms with van der Waals surface area (Å²) in [4.78, 5) is 4.49. The molecule has 2 aromatic rings. The Bertz CT molecular complexity index is 758. The molecule has 0 amide bonds. The smallest absolute Gasteiger partial charge is 0.126 e. The summed E-state index contributed by atoms with van der Waals surface area (Å²) in [6.07, 6.45) is 3.57. The van der Waals surface area contributed by atoms with Crippen molar-refractivity contribution < 1.29 is 9.94 Å². The zero-order valence-corrected chi connectivity index (χ0v) is 11.8. The molecule has 108 valence electrons. The van der Waals surface area contributed by atoms with Crippen LogP contribution in [0.2, 0.25) is 0 Å². The number of benzene rings is 1. The third kappa shape index (κ3) is 3.14. The predicted octanol–water partition coefficient (Wildman–Crippen LogP) is 0.926. The van der Waals surface area contributed by atoms with Crippen molar-refractivity contribution >= 4 is 18.1 Å². The van der Waals surface area contributed by atoms with Crippen molar-refractivity contribution in [2.24, 2.45) is 0 Å². The van der Waals surface area contributed by atoms with Gasteiger partial charge in [0.15, 0.2) is 0 Å². The Morgan fingerprint density at radius 2 is 2.24 bits per heavy atom. The van der Waals surface area contributed by atoms with Crippen LogP contribution in [-0.2, 0) is 6.54 Å². The lowest BCUT2D eigenvalue weighted by Gasteiger charge is -2.13. The zero-order chi connectivity index (χ0) is 14.7. The molecule has 0 saturated heterocycles. The first-order valence-electron chi connectivity index (χ1n) is 6.76. The summed E-state index contributed by atoms with van der Waals surface area (Å²) in [5.74, 6) is 1.61. The molecule has 5 heteroatoms. The summed E-state index contributed by atoms with van der Waals surface area (Å²) in [5, 5.41) is 15.7. The number of rotatable bonds is 4. The molecular formula is C16H17N3O2. The summed E-state index contributed by atoms with van der Waals surface area (Å²) >= 11 is 0. The molecule has 0 spiro atoms. The highest BCUT2D eigenvalue weighted by molar-refractivity contribution is 5.42. The van der Waals surface area contributed by atoms with Gasteiger partial charge in [-0.2, -0.15) is 0 Å². The third-order valence-corrected chi connectivity index (χ3v) is 3.33. The molecule has 0 fully saturated rings. The van der Waals surface area contributed by atoms with Crippen LogP contribution < -0.4 is 20.6 Å². The van der Waals surface area contributed by atoms with Crippen LogP contribution in [-0.4, -0.2) is 28.9 Å². The predicted molar refractivity (Wildman–Crippen MR) is 81.2 cm³/mol. The highest BCUT2D eigenvalue weighted by Crippen LogP contribution is 2.13. The topological polar surface area (TPSA) is 57.6 Å². The van der Waals surface area contributed by atoms with Crippen molar-refractivity contribution in [3.63, 3.8) is 0 Å². The number of hydrogen-bond acceptors (Lipinski definition) is 5. The van der Waals surface area contributed by atoms with Gasteiger partial charge in [0.05, 0.1) is 25.2 Å². The van der Waals surface area contributed by atoms with E-state index in [4.69, 9.17) is 4.74 Å². The Morgan fingerprint density at radius 1 is 1.33 bits per heavy atom. The molecule has 1 aliphatic rings. The van der Waals surface area contributed by atoms with Gasteiger partial charge in [0.1, 0.15) is 11.6 Å². The first kappa shape index (κ1) is 13.5. The number of anilines is 1. The average molecular weight is 283 g/mol. The summed E-state index contributed by atoms with van der Waals surface area (Å²) in [5.41, 5.74) is 1.12. The highest BCUT2D eigenvalue weighted by Gasteiger charge is 2.02. The van der Waals surface area contributed by atoms with E-state index in [9.17, 15) is 5.21 Å². The molecule has 5 nitrogen and oxygen atoms in total. The van der Waals surface area contributed by atoms with E-state index < -0.39 is 0 Å². The maximum Gasteiger partial charge on any atom is 0.126 e. The maximum absolute atomic E-state index is 9.48. The number of hydroxylamine groups is 2. The number of hydrogen-bond donors (Lipinski definition) is 2. The van der Waals surface area contributed by atoms with Gasteiger partial charge in [0, 0.05) is 6.54 Å². The molecule has 2 heterocycles. The monoisotopic (exact) mass is 283 g/mol. The van der Waals surface area contributed by atoms with Crippen LogP contribution in [0.25, 0.3) is 12.3 Å². The van der Waals surface area contributed by atoms with E-state index in [2.05, 4.69) is 10.3 Å². The molecule has 0 atom stereocenters. The van der Waals surface area contributed by atoms with Crippen molar-refractivity contribution in [2.75, 3.05) is 19.0 Å². The maximum atomic E-state index is 9.48. The van der Waals surface area contributed by atoms with Crippen LogP contribution in [0.15, 0.2) is 36.4 Å². The average Bonchev–Trinajstić information content (AvgIpc) is 2.52. The van der Waals surface area contributed by atoms with E-state index >= 15 is 0 Å². The van der Waals surface area contributed by atoms with E-state index in [-0.39, 0.29) is 0 Å². The Labute approximate surface area is 122 Å². The fraction of sp³-hybridized carbons (Fsp3) is 0.188. The van der Waals surface area contributed by atoms with Gasteiger partial charge >= 0.3 is 0 Å². The van der Waals surface area contributed by atoms with Crippen molar-refractivity contribution in [1.29, 1.82) is 0 Å². The molecule has 0 saturated carbocycles. The van der Waals surface area contributed by atoms with Gasteiger partial charge in [0.25, 0.3) is 0 Å². The quantitative estimate of drug-likeness (QED) is 0.874. The standard InChI is InChI=1S/C16H17N3O2/c1-21-14-4-2-3-12(9-14)10-17-16-6-5-13-7-8-19(20)11-15(13)18-16/h2-7,9,11,20H,8,10H2,1H3,(H,17,18). The number of aromatic nitrogens is 1. The van der Waals surface area contributed by atoms with Gasteiger partial charge in [0.2, 0.25) is 0 Å². The number of pyridine rings is 1. The molecule has 21 heavy (non-hydrogen) atoms. The molecular weight excluding hydrogens is 266 g/mol. The Hall–Kier alpha value is -2.53. The van der Waals surface area contributed by atoms with Gasteiger partial charge in [-0.3, -0.25) is 10.3 Å². The Balaban J connectivity index is 1.77. The number of methoxy groups -OCH3 is 1. The lowest BCUT2D eigenvalue weighted by molar-refractivity contribution is -0.00647.